The first-order valence-corrected chi connectivity index (χ1v) is 5.02. The highest BCUT2D eigenvalue weighted by Crippen LogP contribution is 1.93. The predicted molar refractivity (Wildman–Crippen MR) is 56.8 cm³/mol. The summed E-state index contributed by atoms with van der Waals surface area (Å²) in [5, 5.41) is 3.07. The van der Waals surface area contributed by atoms with Gasteiger partial charge in [0.05, 0.1) is 26.9 Å². The molecule has 0 aliphatic rings. The quantitative estimate of drug-likeness (QED) is 0.466. The Morgan fingerprint density at radius 3 is 2.40 bits per heavy atom. The number of methoxy groups -OCH3 is 2. The van der Waals surface area contributed by atoms with Crippen molar-refractivity contribution in [3.8, 4) is 0 Å². The first kappa shape index (κ1) is 14.3. The molecule has 1 unspecified atom stereocenters. The molecular weight excluding hydrogens is 198 g/mol. The highest BCUT2D eigenvalue weighted by Gasteiger charge is 2.19. The molecule has 1 atom stereocenters. The summed E-state index contributed by atoms with van der Waals surface area (Å²) < 4.78 is 14.8. The third kappa shape index (κ3) is 7.30. The van der Waals surface area contributed by atoms with Gasteiger partial charge in [-0.2, -0.15) is 0 Å². The molecule has 0 spiro atoms. The molecule has 0 saturated carbocycles. The van der Waals surface area contributed by atoms with Gasteiger partial charge in [-0.05, 0) is 0 Å². The maximum atomic E-state index is 11.3. The lowest BCUT2D eigenvalue weighted by atomic mass is 10.2. The number of carbonyl (C=O) groups excluding carboxylic acids is 1. The molecule has 0 rings (SSSR count). The highest BCUT2D eigenvalue weighted by atomic mass is 16.5. The van der Waals surface area contributed by atoms with E-state index in [4.69, 9.17) is 9.47 Å². The summed E-state index contributed by atoms with van der Waals surface area (Å²) in [5.41, 5.74) is 0. The summed E-state index contributed by atoms with van der Waals surface area (Å²) in [6.07, 6.45) is 0. The maximum Gasteiger partial charge on any atom is 0.325 e. The molecule has 5 nitrogen and oxygen atoms in total. The lowest BCUT2D eigenvalue weighted by molar-refractivity contribution is -0.145. The molecule has 90 valence electrons. The van der Waals surface area contributed by atoms with Crippen LogP contribution in [0.15, 0.2) is 0 Å². The molecule has 0 aromatic heterocycles. The zero-order chi connectivity index (χ0) is 11.7. The van der Waals surface area contributed by atoms with Gasteiger partial charge in [0.15, 0.2) is 0 Å². The molecule has 0 radical (unpaired) electrons. The number of carbonyl (C=O) groups is 1. The van der Waals surface area contributed by atoms with E-state index in [9.17, 15) is 4.79 Å². The normalized spacial score (nSPS) is 12.9. The van der Waals surface area contributed by atoms with Crippen LogP contribution in [0.1, 0.15) is 13.8 Å². The van der Waals surface area contributed by atoms with Crippen LogP contribution in [0.2, 0.25) is 0 Å². The van der Waals surface area contributed by atoms with E-state index in [2.05, 4.69) is 10.1 Å². The summed E-state index contributed by atoms with van der Waals surface area (Å²) in [7, 11) is 2.97. The van der Waals surface area contributed by atoms with E-state index in [1.807, 2.05) is 13.8 Å². The van der Waals surface area contributed by atoms with Crippen LogP contribution in [-0.4, -0.2) is 52.1 Å². The second-order valence-electron chi connectivity index (χ2n) is 3.46. The summed E-state index contributed by atoms with van der Waals surface area (Å²) in [6, 6.07) is -0.202. The van der Waals surface area contributed by atoms with Crippen molar-refractivity contribution in [1.29, 1.82) is 0 Å². The van der Waals surface area contributed by atoms with Crippen molar-refractivity contribution in [1.82, 2.24) is 5.32 Å². The predicted octanol–water partition coefficient (Wildman–Crippen LogP) is 0.189. The Hall–Kier alpha value is -0.650. The third-order valence-electron chi connectivity index (χ3n) is 1.74. The van der Waals surface area contributed by atoms with Crippen molar-refractivity contribution in [3.05, 3.63) is 0 Å². The Kier molecular flexibility index (Phi) is 8.27. The fourth-order valence-electron chi connectivity index (χ4n) is 1.07. The molecule has 0 aliphatic carbocycles. The van der Waals surface area contributed by atoms with Gasteiger partial charge in [-0.3, -0.25) is 4.79 Å². The second kappa shape index (κ2) is 8.64. The molecule has 0 fully saturated rings. The van der Waals surface area contributed by atoms with E-state index in [0.29, 0.717) is 19.8 Å². The number of rotatable bonds is 8. The van der Waals surface area contributed by atoms with Crippen molar-refractivity contribution >= 4 is 5.97 Å². The van der Waals surface area contributed by atoms with Gasteiger partial charge in [0.25, 0.3) is 0 Å². The van der Waals surface area contributed by atoms with E-state index in [1.165, 1.54) is 7.11 Å². The molecule has 0 aromatic carbocycles. The Morgan fingerprint density at radius 1 is 1.27 bits per heavy atom. The largest absolute Gasteiger partial charge is 0.468 e. The van der Waals surface area contributed by atoms with E-state index in [1.54, 1.807) is 7.11 Å². The number of nitrogens with one attached hydrogen (secondary N) is 1. The van der Waals surface area contributed by atoms with Crippen molar-refractivity contribution in [3.63, 3.8) is 0 Å². The van der Waals surface area contributed by atoms with E-state index < -0.39 is 6.04 Å². The van der Waals surface area contributed by atoms with E-state index >= 15 is 0 Å². The van der Waals surface area contributed by atoms with Crippen LogP contribution in [0.25, 0.3) is 0 Å². The van der Waals surface area contributed by atoms with Crippen molar-refractivity contribution in [2.45, 2.75) is 25.9 Å². The monoisotopic (exact) mass is 219 g/mol. The number of hydrogen-bond donors (Lipinski definition) is 1. The first-order valence-electron chi connectivity index (χ1n) is 5.02. The second-order valence-corrected chi connectivity index (χ2v) is 3.46. The minimum Gasteiger partial charge on any atom is -0.468 e. The smallest absolute Gasteiger partial charge is 0.325 e. The minimum absolute atomic E-state index is 0.208. The molecule has 0 amide bonds. The van der Waals surface area contributed by atoms with Gasteiger partial charge in [-0.25, -0.2) is 0 Å². The number of hydrogen-bond acceptors (Lipinski definition) is 5. The van der Waals surface area contributed by atoms with Crippen molar-refractivity contribution in [2.75, 3.05) is 34.0 Å². The molecule has 0 aromatic rings. The van der Waals surface area contributed by atoms with Gasteiger partial charge in [0.2, 0.25) is 0 Å². The molecule has 0 saturated heterocycles. The Balaban J connectivity index is 3.85. The fourth-order valence-corrected chi connectivity index (χ4v) is 1.07. The summed E-state index contributed by atoms with van der Waals surface area (Å²) in [5.74, 6) is -0.305. The lowest BCUT2D eigenvalue weighted by Crippen LogP contribution is -2.44. The van der Waals surface area contributed by atoms with Crippen LogP contribution < -0.4 is 5.32 Å². The zero-order valence-corrected chi connectivity index (χ0v) is 9.91. The van der Waals surface area contributed by atoms with Gasteiger partial charge >= 0.3 is 5.97 Å². The van der Waals surface area contributed by atoms with E-state index in [0.717, 1.165) is 0 Å². The molecular formula is C10H21NO4. The van der Waals surface area contributed by atoms with Crippen LogP contribution in [0.4, 0.5) is 0 Å². The van der Waals surface area contributed by atoms with Crippen LogP contribution in [-0.2, 0) is 19.0 Å². The van der Waals surface area contributed by atoms with Gasteiger partial charge in [-0.1, -0.05) is 13.8 Å². The van der Waals surface area contributed by atoms with Gasteiger partial charge in [0, 0.05) is 13.2 Å². The minimum atomic E-state index is -0.410. The molecule has 0 aliphatic heterocycles. The SMILES string of the molecule is COCCOCC(NC(C)C)C(=O)OC. The third-order valence-corrected chi connectivity index (χ3v) is 1.74. The summed E-state index contributed by atoms with van der Waals surface area (Å²) in [4.78, 5) is 11.3. The Labute approximate surface area is 91.1 Å². The van der Waals surface area contributed by atoms with Crippen LogP contribution >= 0.6 is 0 Å². The maximum absolute atomic E-state index is 11.3. The average molecular weight is 219 g/mol. The average Bonchev–Trinajstić information content (AvgIpc) is 2.21. The Bertz CT molecular complexity index is 173. The lowest BCUT2D eigenvalue weighted by Gasteiger charge is -2.18. The summed E-state index contributed by atoms with van der Waals surface area (Å²) in [6.45, 7) is 5.23. The number of ether oxygens (including phenoxy) is 3. The van der Waals surface area contributed by atoms with Crippen LogP contribution in [0, 0.1) is 0 Å². The Morgan fingerprint density at radius 2 is 1.93 bits per heavy atom. The van der Waals surface area contributed by atoms with Crippen molar-refractivity contribution in [2.24, 2.45) is 0 Å². The number of esters is 1. The molecule has 5 heteroatoms. The zero-order valence-electron chi connectivity index (χ0n) is 9.91. The summed E-state index contributed by atoms with van der Waals surface area (Å²) >= 11 is 0. The van der Waals surface area contributed by atoms with Crippen molar-refractivity contribution < 1.29 is 19.0 Å². The highest BCUT2D eigenvalue weighted by molar-refractivity contribution is 5.75. The van der Waals surface area contributed by atoms with Gasteiger partial charge < -0.3 is 19.5 Å². The standard InChI is InChI=1S/C10H21NO4/c1-8(2)11-9(10(12)14-4)7-15-6-5-13-3/h8-9,11H,5-7H2,1-4H3. The van der Waals surface area contributed by atoms with Crippen LogP contribution in [0.3, 0.4) is 0 Å². The molecule has 1 N–H and O–H groups in total. The topological polar surface area (TPSA) is 56.8 Å². The van der Waals surface area contributed by atoms with E-state index in [-0.39, 0.29) is 12.0 Å². The van der Waals surface area contributed by atoms with Gasteiger partial charge in [-0.15, -0.1) is 0 Å². The molecule has 15 heavy (non-hydrogen) atoms. The molecule has 0 heterocycles. The first-order chi connectivity index (χ1) is 7.11. The van der Waals surface area contributed by atoms with Crippen LogP contribution in [0.5, 0.6) is 0 Å². The fraction of sp³-hybridized carbons (Fsp3) is 0.900. The molecule has 0 bridgehead atoms. The van der Waals surface area contributed by atoms with Gasteiger partial charge in [0.1, 0.15) is 6.04 Å².